The van der Waals surface area contributed by atoms with Crippen LogP contribution in [0.3, 0.4) is 0 Å². The first-order valence-corrected chi connectivity index (χ1v) is 9.55. The molecule has 0 radical (unpaired) electrons. The Hall–Kier alpha value is -3.08. The second-order valence-electron chi connectivity index (χ2n) is 7.25. The fraction of sp³-hybridized carbons (Fsp3) is 0.450. The van der Waals surface area contributed by atoms with E-state index in [9.17, 15) is 27.9 Å². The number of nitrogens with one attached hydrogen (secondary N) is 1. The van der Waals surface area contributed by atoms with Gasteiger partial charge in [0.05, 0.1) is 6.33 Å². The van der Waals surface area contributed by atoms with Crippen LogP contribution in [0.25, 0.3) is 0 Å². The van der Waals surface area contributed by atoms with Crippen LogP contribution in [-0.2, 0) is 22.6 Å². The topological polar surface area (TPSA) is 114 Å². The number of carboxylic acid groups (broad SMARTS) is 2. The standard InChI is InChI=1S/C20H24F3N3O5/c1-13(2-7-18(27)28)9-25-17(19(29)30)8-15-10-24-12-26(15)11-14-3-5-16(6-4-14)31-20(21,22)23/h3-6,10,12-13,17,25H,2,7-9,11H2,1H3,(H,27,28)(H,29,30). The van der Waals surface area contributed by atoms with Crippen molar-refractivity contribution in [1.82, 2.24) is 14.9 Å². The number of imidazole rings is 1. The van der Waals surface area contributed by atoms with Crippen LogP contribution in [0.2, 0.25) is 0 Å². The molecule has 0 aliphatic rings. The maximum Gasteiger partial charge on any atom is 0.573 e. The molecule has 0 saturated heterocycles. The van der Waals surface area contributed by atoms with Gasteiger partial charge in [-0.3, -0.25) is 9.59 Å². The Bertz CT molecular complexity index is 868. The SMILES string of the molecule is CC(CCC(=O)O)CNC(Cc1cncn1Cc1ccc(OC(F)(F)F)cc1)C(=O)O. The third-order valence-electron chi connectivity index (χ3n) is 4.58. The number of halogens is 3. The van der Waals surface area contributed by atoms with Gasteiger partial charge in [-0.1, -0.05) is 19.1 Å². The summed E-state index contributed by atoms with van der Waals surface area (Å²) >= 11 is 0. The number of carbonyl (C=O) groups is 2. The first-order valence-electron chi connectivity index (χ1n) is 9.55. The molecule has 0 fully saturated rings. The Morgan fingerprint density at radius 2 is 1.90 bits per heavy atom. The van der Waals surface area contributed by atoms with E-state index >= 15 is 0 Å². The van der Waals surface area contributed by atoms with E-state index in [0.717, 1.165) is 0 Å². The second-order valence-corrected chi connectivity index (χ2v) is 7.25. The Kier molecular flexibility index (Phi) is 8.43. The summed E-state index contributed by atoms with van der Waals surface area (Å²) in [6, 6.07) is 4.49. The van der Waals surface area contributed by atoms with Gasteiger partial charge in [-0.25, -0.2) is 4.98 Å². The molecule has 1 aromatic carbocycles. The van der Waals surface area contributed by atoms with Gasteiger partial charge in [0.1, 0.15) is 11.8 Å². The van der Waals surface area contributed by atoms with E-state index in [2.05, 4.69) is 15.0 Å². The van der Waals surface area contributed by atoms with Crippen LogP contribution < -0.4 is 10.1 Å². The van der Waals surface area contributed by atoms with Crippen molar-refractivity contribution in [3.8, 4) is 5.75 Å². The van der Waals surface area contributed by atoms with Crippen LogP contribution in [-0.4, -0.2) is 50.7 Å². The molecule has 170 valence electrons. The molecule has 31 heavy (non-hydrogen) atoms. The summed E-state index contributed by atoms with van der Waals surface area (Å²) in [4.78, 5) is 26.3. The number of alkyl halides is 3. The summed E-state index contributed by atoms with van der Waals surface area (Å²) in [6.45, 7) is 2.48. The van der Waals surface area contributed by atoms with E-state index in [-0.39, 0.29) is 24.5 Å². The fourth-order valence-corrected chi connectivity index (χ4v) is 2.93. The fourth-order valence-electron chi connectivity index (χ4n) is 2.93. The van der Waals surface area contributed by atoms with Gasteiger partial charge in [0.2, 0.25) is 0 Å². The number of aliphatic carboxylic acids is 2. The predicted molar refractivity (Wildman–Crippen MR) is 104 cm³/mol. The first-order chi connectivity index (χ1) is 14.5. The van der Waals surface area contributed by atoms with E-state index in [4.69, 9.17) is 5.11 Å². The van der Waals surface area contributed by atoms with Crippen molar-refractivity contribution in [2.75, 3.05) is 6.54 Å². The zero-order chi connectivity index (χ0) is 23.0. The maximum absolute atomic E-state index is 12.3. The minimum Gasteiger partial charge on any atom is -0.481 e. The van der Waals surface area contributed by atoms with Gasteiger partial charge in [0, 0.05) is 31.3 Å². The van der Waals surface area contributed by atoms with Gasteiger partial charge in [0.15, 0.2) is 0 Å². The zero-order valence-corrected chi connectivity index (χ0v) is 16.8. The van der Waals surface area contributed by atoms with Crippen molar-refractivity contribution in [2.45, 2.75) is 45.1 Å². The van der Waals surface area contributed by atoms with Gasteiger partial charge in [-0.15, -0.1) is 13.2 Å². The highest BCUT2D eigenvalue weighted by Crippen LogP contribution is 2.23. The van der Waals surface area contributed by atoms with Gasteiger partial charge in [-0.2, -0.15) is 0 Å². The largest absolute Gasteiger partial charge is 0.573 e. The predicted octanol–water partition coefficient (Wildman–Crippen LogP) is 2.92. The molecule has 2 rings (SSSR count). The molecule has 2 atom stereocenters. The lowest BCUT2D eigenvalue weighted by atomic mass is 10.0. The molecular formula is C20H24F3N3O5. The number of hydrogen-bond acceptors (Lipinski definition) is 5. The van der Waals surface area contributed by atoms with E-state index in [1.165, 1.54) is 36.8 Å². The summed E-state index contributed by atoms with van der Waals surface area (Å²) in [6.07, 6.45) is -1.13. The van der Waals surface area contributed by atoms with E-state index in [1.54, 1.807) is 4.57 Å². The van der Waals surface area contributed by atoms with Crippen molar-refractivity contribution in [3.05, 3.63) is 48.0 Å². The van der Waals surface area contributed by atoms with Gasteiger partial charge >= 0.3 is 18.3 Å². The number of nitrogens with zero attached hydrogens (tertiary/aromatic N) is 2. The highest BCUT2D eigenvalue weighted by atomic mass is 19.4. The van der Waals surface area contributed by atoms with Crippen molar-refractivity contribution in [1.29, 1.82) is 0 Å². The quantitative estimate of drug-likeness (QED) is 0.462. The van der Waals surface area contributed by atoms with Crippen molar-refractivity contribution in [3.63, 3.8) is 0 Å². The van der Waals surface area contributed by atoms with Crippen molar-refractivity contribution < 1.29 is 37.7 Å². The molecule has 11 heteroatoms. The lowest BCUT2D eigenvalue weighted by Crippen LogP contribution is -2.41. The van der Waals surface area contributed by atoms with Gasteiger partial charge in [0.25, 0.3) is 0 Å². The van der Waals surface area contributed by atoms with Gasteiger partial charge < -0.3 is 24.8 Å². The molecular weight excluding hydrogens is 419 g/mol. The smallest absolute Gasteiger partial charge is 0.481 e. The lowest BCUT2D eigenvalue weighted by molar-refractivity contribution is -0.274. The third kappa shape index (κ3) is 8.67. The van der Waals surface area contributed by atoms with Crippen molar-refractivity contribution in [2.24, 2.45) is 5.92 Å². The average Bonchev–Trinajstić information content (AvgIpc) is 3.10. The summed E-state index contributed by atoms with van der Waals surface area (Å²) in [5, 5.41) is 21.2. The molecule has 0 bridgehead atoms. The number of benzene rings is 1. The molecule has 0 spiro atoms. The minimum absolute atomic E-state index is 0.0136. The summed E-state index contributed by atoms with van der Waals surface area (Å²) < 4.78 is 42.3. The number of rotatable bonds is 12. The maximum atomic E-state index is 12.3. The Balaban J connectivity index is 1.97. The number of hydrogen-bond donors (Lipinski definition) is 3. The number of carboxylic acids is 2. The molecule has 0 aliphatic heterocycles. The molecule has 1 aromatic heterocycles. The number of ether oxygens (including phenoxy) is 1. The van der Waals surface area contributed by atoms with E-state index in [1.807, 2.05) is 6.92 Å². The highest BCUT2D eigenvalue weighted by molar-refractivity contribution is 5.73. The normalized spacial score (nSPS) is 13.5. The molecule has 2 aromatic rings. The van der Waals surface area contributed by atoms with Gasteiger partial charge in [-0.05, 0) is 36.6 Å². The molecule has 0 aliphatic carbocycles. The molecule has 2 unspecified atom stereocenters. The summed E-state index contributed by atoms with van der Waals surface area (Å²) in [5.74, 6) is -2.29. The van der Waals surface area contributed by atoms with Crippen LogP contribution in [0.1, 0.15) is 31.0 Å². The summed E-state index contributed by atoms with van der Waals surface area (Å²) in [7, 11) is 0. The Morgan fingerprint density at radius 3 is 2.48 bits per heavy atom. The van der Waals surface area contributed by atoms with Crippen LogP contribution in [0, 0.1) is 5.92 Å². The van der Waals surface area contributed by atoms with Crippen molar-refractivity contribution >= 4 is 11.9 Å². The molecule has 8 nitrogen and oxygen atoms in total. The molecule has 1 heterocycles. The van der Waals surface area contributed by atoms with Crippen LogP contribution >= 0.6 is 0 Å². The Labute approximate surface area is 176 Å². The monoisotopic (exact) mass is 443 g/mol. The first kappa shape index (κ1) is 24.2. The molecule has 0 saturated carbocycles. The summed E-state index contributed by atoms with van der Waals surface area (Å²) in [5.41, 5.74) is 1.32. The average molecular weight is 443 g/mol. The van der Waals surface area contributed by atoms with Crippen LogP contribution in [0.15, 0.2) is 36.8 Å². The van der Waals surface area contributed by atoms with Crippen LogP contribution in [0.5, 0.6) is 5.75 Å². The second kappa shape index (κ2) is 10.8. The van der Waals surface area contributed by atoms with Crippen LogP contribution in [0.4, 0.5) is 13.2 Å². The molecule has 3 N–H and O–H groups in total. The third-order valence-corrected chi connectivity index (χ3v) is 4.58. The molecule has 0 amide bonds. The number of aromatic nitrogens is 2. The lowest BCUT2D eigenvalue weighted by Gasteiger charge is -2.18. The highest BCUT2D eigenvalue weighted by Gasteiger charge is 2.31. The van der Waals surface area contributed by atoms with E-state index < -0.39 is 24.3 Å². The minimum atomic E-state index is -4.76. The zero-order valence-electron chi connectivity index (χ0n) is 16.8. The van der Waals surface area contributed by atoms with E-state index in [0.29, 0.717) is 30.8 Å². The Morgan fingerprint density at radius 1 is 1.23 bits per heavy atom.